The summed E-state index contributed by atoms with van der Waals surface area (Å²) in [5, 5.41) is 10.4. The minimum absolute atomic E-state index is 0.165. The molecule has 0 heterocycles. The number of aliphatic hydroxyl groups excluding tert-OH is 1. The van der Waals surface area contributed by atoms with Crippen LogP contribution < -0.4 is 11.5 Å². The fourth-order valence-corrected chi connectivity index (χ4v) is 3.45. The standard InChI is InChI=1S/C10H26N2OSi/c1-10(2,3)14(4,5)9(13)8(12)6-7-11/h8-9,13H,6-7,11-12H2,1-5H3/t8-,9?/m0/s1. The molecule has 0 aromatic rings. The van der Waals surface area contributed by atoms with Crippen molar-refractivity contribution in [1.29, 1.82) is 0 Å². The Balaban J connectivity index is 4.57. The third-order valence-corrected chi connectivity index (χ3v) is 9.35. The summed E-state index contributed by atoms with van der Waals surface area (Å²) in [6, 6.07) is -0.166. The fourth-order valence-electron chi connectivity index (χ4n) is 1.33. The van der Waals surface area contributed by atoms with E-state index < -0.39 is 8.07 Å². The third-order valence-electron chi connectivity index (χ3n) is 3.58. The van der Waals surface area contributed by atoms with Gasteiger partial charge in [-0.1, -0.05) is 33.9 Å². The Kier molecular flexibility index (Phi) is 4.78. The minimum Gasteiger partial charge on any atom is -0.395 e. The van der Waals surface area contributed by atoms with E-state index in [-0.39, 0.29) is 16.8 Å². The van der Waals surface area contributed by atoms with Crippen LogP contribution in [0.3, 0.4) is 0 Å². The predicted octanol–water partition coefficient (Wildman–Crippen LogP) is 1.07. The lowest BCUT2D eigenvalue weighted by molar-refractivity contribution is 0.201. The summed E-state index contributed by atoms with van der Waals surface area (Å²) in [5.74, 6) is 0. The van der Waals surface area contributed by atoms with Crippen molar-refractivity contribution in [3.05, 3.63) is 0 Å². The van der Waals surface area contributed by atoms with Crippen molar-refractivity contribution in [2.45, 2.75) is 57.1 Å². The first-order valence-electron chi connectivity index (χ1n) is 5.28. The first kappa shape index (κ1) is 14.1. The van der Waals surface area contributed by atoms with Gasteiger partial charge in [0.25, 0.3) is 0 Å². The quantitative estimate of drug-likeness (QED) is 0.618. The Hall–Kier alpha value is 0.0969. The van der Waals surface area contributed by atoms with Gasteiger partial charge in [0.2, 0.25) is 0 Å². The van der Waals surface area contributed by atoms with E-state index in [0.717, 1.165) is 0 Å². The van der Waals surface area contributed by atoms with Crippen molar-refractivity contribution in [3.8, 4) is 0 Å². The molecule has 0 spiro atoms. The van der Waals surface area contributed by atoms with Gasteiger partial charge in [-0.3, -0.25) is 0 Å². The highest BCUT2D eigenvalue weighted by molar-refractivity contribution is 6.81. The van der Waals surface area contributed by atoms with E-state index in [1.807, 2.05) is 0 Å². The van der Waals surface area contributed by atoms with Crippen LogP contribution in [-0.2, 0) is 0 Å². The van der Waals surface area contributed by atoms with E-state index in [2.05, 4.69) is 33.9 Å². The van der Waals surface area contributed by atoms with Crippen LogP contribution in [0.4, 0.5) is 0 Å². The Bertz CT molecular complexity index is 177. The molecule has 0 aromatic carbocycles. The van der Waals surface area contributed by atoms with Crippen LogP contribution in [0.2, 0.25) is 18.1 Å². The van der Waals surface area contributed by atoms with Crippen LogP contribution in [0.25, 0.3) is 0 Å². The summed E-state index contributed by atoms with van der Waals surface area (Å²) < 4.78 is 0. The van der Waals surface area contributed by atoms with Gasteiger partial charge >= 0.3 is 0 Å². The molecule has 0 bridgehead atoms. The molecule has 3 nitrogen and oxygen atoms in total. The summed E-state index contributed by atoms with van der Waals surface area (Å²) >= 11 is 0. The highest BCUT2D eigenvalue weighted by Crippen LogP contribution is 2.38. The average Bonchev–Trinajstić information content (AvgIpc) is 2.01. The maximum atomic E-state index is 10.2. The molecular weight excluding hydrogens is 192 g/mol. The lowest BCUT2D eigenvalue weighted by Gasteiger charge is -2.42. The van der Waals surface area contributed by atoms with Crippen LogP contribution in [0.5, 0.6) is 0 Å². The predicted molar refractivity (Wildman–Crippen MR) is 64.9 cm³/mol. The molecule has 0 fully saturated rings. The highest BCUT2D eigenvalue weighted by Gasteiger charge is 2.43. The second-order valence-electron chi connectivity index (χ2n) is 5.66. The number of hydrogen-bond acceptors (Lipinski definition) is 3. The van der Waals surface area contributed by atoms with Gasteiger partial charge in [-0.25, -0.2) is 0 Å². The number of rotatable bonds is 4. The van der Waals surface area contributed by atoms with Gasteiger partial charge < -0.3 is 16.6 Å². The monoisotopic (exact) mass is 218 g/mol. The molecule has 0 saturated heterocycles. The Morgan fingerprint density at radius 1 is 1.29 bits per heavy atom. The number of nitrogens with two attached hydrogens (primary N) is 2. The maximum Gasteiger partial charge on any atom is 0.0885 e. The van der Waals surface area contributed by atoms with Crippen LogP contribution in [0.1, 0.15) is 27.2 Å². The lowest BCUT2D eigenvalue weighted by atomic mass is 10.2. The van der Waals surface area contributed by atoms with Crippen LogP contribution in [0.15, 0.2) is 0 Å². The van der Waals surface area contributed by atoms with Crippen molar-refractivity contribution in [2.75, 3.05) is 6.54 Å². The molecule has 1 unspecified atom stereocenters. The molecule has 2 atom stereocenters. The van der Waals surface area contributed by atoms with Crippen molar-refractivity contribution in [2.24, 2.45) is 11.5 Å². The molecular formula is C10H26N2OSi. The first-order chi connectivity index (χ1) is 6.14. The molecule has 0 radical (unpaired) electrons. The summed E-state index contributed by atoms with van der Waals surface area (Å²) in [7, 11) is -1.73. The lowest BCUT2D eigenvalue weighted by Crippen LogP contribution is -2.57. The van der Waals surface area contributed by atoms with Gasteiger partial charge in [0.15, 0.2) is 0 Å². The second kappa shape index (κ2) is 4.75. The van der Waals surface area contributed by atoms with E-state index in [0.29, 0.717) is 13.0 Å². The largest absolute Gasteiger partial charge is 0.395 e. The van der Waals surface area contributed by atoms with Gasteiger partial charge in [0.1, 0.15) is 0 Å². The smallest absolute Gasteiger partial charge is 0.0885 e. The molecule has 0 aliphatic heterocycles. The van der Waals surface area contributed by atoms with Crippen LogP contribution >= 0.6 is 0 Å². The molecule has 0 amide bonds. The van der Waals surface area contributed by atoms with Crippen molar-refractivity contribution in [1.82, 2.24) is 0 Å². The molecule has 5 N–H and O–H groups in total. The zero-order valence-corrected chi connectivity index (χ0v) is 11.2. The number of hydrogen-bond donors (Lipinski definition) is 3. The Morgan fingerprint density at radius 3 is 2.00 bits per heavy atom. The second-order valence-corrected chi connectivity index (χ2v) is 11.2. The topological polar surface area (TPSA) is 72.3 Å². The van der Waals surface area contributed by atoms with Crippen LogP contribution in [-0.4, -0.2) is 31.5 Å². The van der Waals surface area contributed by atoms with E-state index in [9.17, 15) is 5.11 Å². The van der Waals surface area contributed by atoms with Crippen molar-refractivity contribution < 1.29 is 5.11 Å². The molecule has 0 saturated carbocycles. The van der Waals surface area contributed by atoms with Gasteiger partial charge in [-0.05, 0) is 18.0 Å². The molecule has 0 aliphatic carbocycles. The molecule has 4 heteroatoms. The van der Waals surface area contributed by atoms with Gasteiger partial charge in [-0.2, -0.15) is 0 Å². The van der Waals surface area contributed by atoms with E-state index in [1.165, 1.54) is 0 Å². The average molecular weight is 218 g/mol. The zero-order chi connectivity index (χ0) is 11.6. The summed E-state index contributed by atoms with van der Waals surface area (Å²) in [6.07, 6.45) is 0.702. The van der Waals surface area contributed by atoms with E-state index >= 15 is 0 Å². The molecule has 14 heavy (non-hydrogen) atoms. The van der Waals surface area contributed by atoms with Gasteiger partial charge in [0, 0.05) is 6.04 Å². The Morgan fingerprint density at radius 2 is 1.71 bits per heavy atom. The maximum absolute atomic E-state index is 10.2. The first-order valence-corrected chi connectivity index (χ1v) is 8.36. The normalized spacial score (nSPS) is 18.0. The van der Waals surface area contributed by atoms with Gasteiger partial charge in [-0.15, -0.1) is 0 Å². The van der Waals surface area contributed by atoms with E-state index in [1.54, 1.807) is 0 Å². The molecule has 0 rings (SSSR count). The molecule has 86 valence electrons. The van der Waals surface area contributed by atoms with E-state index in [4.69, 9.17) is 11.5 Å². The van der Waals surface area contributed by atoms with Crippen molar-refractivity contribution >= 4 is 8.07 Å². The SMILES string of the molecule is CC(C)(C)[Si](C)(C)C(O)[C@@H](N)CCN. The minimum atomic E-state index is -1.73. The summed E-state index contributed by atoms with van der Waals surface area (Å²) in [6.45, 7) is 11.5. The Labute approximate surface area is 88.9 Å². The van der Waals surface area contributed by atoms with Crippen LogP contribution in [0, 0.1) is 0 Å². The molecule has 0 aromatic heterocycles. The highest BCUT2D eigenvalue weighted by atomic mass is 28.3. The summed E-state index contributed by atoms with van der Waals surface area (Å²) in [4.78, 5) is 0. The fraction of sp³-hybridized carbons (Fsp3) is 1.00. The zero-order valence-electron chi connectivity index (χ0n) is 10.2. The van der Waals surface area contributed by atoms with Crippen molar-refractivity contribution in [3.63, 3.8) is 0 Å². The van der Waals surface area contributed by atoms with Gasteiger partial charge in [0.05, 0.1) is 13.8 Å². The number of aliphatic hydroxyl groups is 1. The molecule has 0 aliphatic rings. The summed E-state index contributed by atoms with van der Waals surface area (Å²) in [5.41, 5.74) is 11.0. The third kappa shape index (κ3) is 3.05.